The lowest BCUT2D eigenvalue weighted by atomic mass is 10.2. The van der Waals surface area contributed by atoms with Crippen LogP contribution in [0, 0.1) is 5.82 Å². The van der Waals surface area contributed by atoms with E-state index in [1.54, 1.807) is 7.05 Å². The van der Waals surface area contributed by atoms with E-state index >= 15 is 0 Å². The van der Waals surface area contributed by atoms with Gasteiger partial charge >= 0.3 is 0 Å². The molecule has 1 aromatic heterocycles. The maximum absolute atomic E-state index is 13.2. The molecule has 5 heteroatoms. The normalized spacial score (nSPS) is 12.3. The van der Waals surface area contributed by atoms with E-state index in [-0.39, 0.29) is 11.9 Å². The zero-order valence-electron chi connectivity index (χ0n) is 8.63. The van der Waals surface area contributed by atoms with Gasteiger partial charge < -0.3 is 10.6 Å². The number of nitrogens with one attached hydrogen (secondary N) is 2. The molecular weight excluding hydrogens is 183 g/mol. The van der Waals surface area contributed by atoms with E-state index in [2.05, 4.69) is 20.6 Å². The van der Waals surface area contributed by atoms with Crippen LogP contribution in [0.2, 0.25) is 0 Å². The Kier molecular flexibility index (Phi) is 3.62. The minimum Gasteiger partial charge on any atom is -0.365 e. The number of aromatic nitrogens is 2. The second-order valence-electron chi connectivity index (χ2n) is 3.09. The molecule has 0 radical (unpaired) electrons. The number of hydrogen-bond acceptors (Lipinski definition) is 4. The summed E-state index contributed by atoms with van der Waals surface area (Å²) in [5.74, 6) is 0.236. The van der Waals surface area contributed by atoms with Crippen molar-refractivity contribution in [1.82, 2.24) is 9.97 Å². The Morgan fingerprint density at radius 2 is 2.29 bits per heavy atom. The summed E-state index contributed by atoms with van der Waals surface area (Å²) in [6.45, 7) is 4.00. The van der Waals surface area contributed by atoms with Gasteiger partial charge in [0.15, 0.2) is 11.6 Å². The van der Waals surface area contributed by atoms with Gasteiger partial charge in [-0.05, 0) is 13.3 Å². The fraction of sp³-hybridized carbons (Fsp3) is 0.556. The summed E-state index contributed by atoms with van der Waals surface area (Å²) in [6, 6.07) is 0.198. The van der Waals surface area contributed by atoms with Crippen LogP contribution in [0.4, 0.5) is 16.2 Å². The average molecular weight is 198 g/mol. The van der Waals surface area contributed by atoms with Crippen molar-refractivity contribution in [3.05, 3.63) is 12.0 Å². The first-order valence-electron chi connectivity index (χ1n) is 4.64. The van der Waals surface area contributed by atoms with Crippen LogP contribution in [0.1, 0.15) is 20.3 Å². The molecule has 0 aliphatic heterocycles. The number of halogens is 1. The van der Waals surface area contributed by atoms with E-state index in [0.717, 1.165) is 12.6 Å². The monoisotopic (exact) mass is 198 g/mol. The zero-order valence-corrected chi connectivity index (χ0v) is 8.63. The van der Waals surface area contributed by atoms with E-state index in [1.807, 2.05) is 13.8 Å². The fourth-order valence-corrected chi connectivity index (χ4v) is 0.924. The van der Waals surface area contributed by atoms with Gasteiger partial charge in [0.05, 0.1) is 6.20 Å². The Labute approximate surface area is 83.0 Å². The maximum Gasteiger partial charge on any atom is 0.224 e. The Bertz CT molecular complexity index is 303. The molecule has 2 N–H and O–H groups in total. The number of hydrogen-bond donors (Lipinski definition) is 2. The summed E-state index contributed by atoms with van der Waals surface area (Å²) in [5, 5.41) is 5.73. The predicted molar refractivity (Wildman–Crippen MR) is 54.9 cm³/mol. The third-order valence-corrected chi connectivity index (χ3v) is 1.96. The molecule has 78 valence electrons. The van der Waals surface area contributed by atoms with Crippen molar-refractivity contribution < 1.29 is 4.39 Å². The van der Waals surface area contributed by atoms with E-state index in [0.29, 0.717) is 5.95 Å². The molecule has 0 saturated heterocycles. The van der Waals surface area contributed by atoms with Gasteiger partial charge in [-0.2, -0.15) is 4.98 Å². The molecule has 14 heavy (non-hydrogen) atoms. The van der Waals surface area contributed by atoms with E-state index < -0.39 is 5.82 Å². The SMILES string of the molecule is CCC(C)Nc1nc(NC)ncc1F. The standard InChI is InChI=1S/C9H15FN4/c1-4-6(2)13-8-7(10)5-12-9(11-3)14-8/h5-6H,4H2,1-3H3,(H2,11,12,13,14). The highest BCUT2D eigenvalue weighted by Gasteiger charge is 2.07. The molecule has 1 unspecified atom stereocenters. The summed E-state index contributed by atoms with van der Waals surface area (Å²) >= 11 is 0. The highest BCUT2D eigenvalue weighted by Crippen LogP contribution is 2.13. The van der Waals surface area contributed by atoms with Crippen molar-refractivity contribution >= 4 is 11.8 Å². The lowest BCUT2D eigenvalue weighted by Gasteiger charge is -2.12. The van der Waals surface area contributed by atoms with E-state index in [4.69, 9.17) is 0 Å². The first kappa shape index (κ1) is 10.7. The van der Waals surface area contributed by atoms with Crippen LogP contribution in [0.25, 0.3) is 0 Å². The average Bonchev–Trinajstić information content (AvgIpc) is 2.21. The molecule has 0 aliphatic rings. The van der Waals surface area contributed by atoms with Crippen LogP contribution < -0.4 is 10.6 Å². The minimum absolute atomic E-state index is 0.198. The van der Waals surface area contributed by atoms with Gasteiger partial charge in [-0.3, -0.25) is 0 Å². The highest BCUT2D eigenvalue weighted by atomic mass is 19.1. The second-order valence-corrected chi connectivity index (χ2v) is 3.09. The largest absolute Gasteiger partial charge is 0.365 e. The quantitative estimate of drug-likeness (QED) is 0.775. The van der Waals surface area contributed by atoms with Crippen LogP contribution in [-0.4, -0.2) is 23.1 Å². The van der Waals surface area contributed by atoms with Crippen LogP contribution in [0.3, 0.4) is 0 Å². The lowest BCUT2D eigenvalue weighted by Crippen LogP contribution is -2.16. The minimum atomic E-state index is -0.427. The zero-order chi connectivity index (χ0) is 10.6. The van der Waals surface area contributed by atoms with Crippen molar-refractivity contribution in [2.75, 3.05) is 17.7 Å². The van der Waals surface area contributed by atoms with Crippen LogP contribution in [0.15, 0.2) is 6.20 Å². The molecule has 0 bridgehead atoms. The number of nitrogens with zero attached hydrogens (tertiary/aromatic N) is 2. The van der Waals surface area contributed by atoms with Gasteiger partial charge in [-0.25, -0.2) is 9.37 Å². The Balaban J connectivity index is 2.83. The summed E-state index contributed by atoms with van der Waals surface area (Å²) < 4.78 is 13.2. The van der Waals surface area contributed by atoms with Crippen molar-refractivity contribution in [3.63, 3.8) is 0 Å². The van der Waals surface area contributed by atoms with Crippen molar-refractivity contribution in [3.8, 4) is 0 Å². The molecule has 1 atom stereocenters. The van der Waals surface area contributed by atoms with Gasteiger partial charge in [-0.15, -0.1) is 0 Å². The molecule has 0 aromatic carbocycles. The van der Waals surface area contributed by atoms with Crippen LogP contribution >= 0.6 is 0 Å². The molecule has 1 heterocycles. The summed E-state index contributed by atoms with van der Waals surface area (Å²) in [6.07, 6.45) is 2.07. The van der Waals surface area contributed by atoms with Gasteiger partial charge in [0.25, 0.3) is 0 Å². The second kappa shape index (κ2) is 4.74. The molecule has 0 amide bonds. The Hall–Kier alpha value is -1.39. The van der Waals surface area contributed by atoms with Gasteiger partial charge in [0.1, 0.15) is 0 Å². The lowest BCUT2D eigenvalue weighted by molar-refractivity contribution is 0.611. The highest BCUT2D eigenvalue weighted by molar-refractivity contribution is 5.41. The summed E-state index contributed by atoms with van der Waals surface area (Å²) in [7, 11) is 1.69. The van der Waals surface area contributed by atoms with Crippen molar-refractivity contribution in [2.24, 2.45) is 0 Å². The topological polar surface area (TPSA) is 49.8 Å². The predicted octanol–water partition coefficient (Wildman–Crippen LogP) is 1.87. The third kappa shape index (κ3) is 2.55. The van der Waals surface area contributed by atoms with Crippen LogP contribution in [-0.2, 0) is 0 Å². The summed E-state index contributed by atoms with van der Waals surface area (Å²) in [4.78, 5) is 7.72. The Morgan fingerprint density at radius 1 is 1.57 bits per heavy atom. The molecule has 1 rings (SSSR count). The first-order valence-corrected chi connectivity index (χ1v) is 4.64. The number of anilines is 2. The molecule has 0 aliphatic carbocycles. The van der Waals surface area contributed by atoms with Crippen molar-refractivity contribution in [1.29, 1.82) is 0 Å². The van der Waals surface area contributed by atoms with Gasteiger partial charge in [0.2, 0.25) is 5.95 Å². The van der Waals surface area contributed by atoms with E-state index in [9.17, 15) is 4.39 Å². The molecule has 0 spiro atoms. The molecular formula is C9H15FN4. The smallest absolute Gasteiger partial charge is 0.224 e. The van der Waals surface area contributed by atoms with Crippen molar-refractivity contribution in [2.45, 2.75) is 26.3 Å². The van der Waals surface area contributed by atoms with Crippen LogP contribution in [0.5, 0.6) is 0 Å². The van der Waals surface area contributed by atoms with Gasteiger partial charge in [0, 0.05) is 13.1 Å². The third-order valence-electron chi connectivity index (χ3n) is 1.96. The molecule has 0 saturated carbocycles. The van der Waals surface area contributed by atoms with E-state index in [1.165, 1.54) is 0 Å². The number of rotatable bonds is 4. The fourth-order valence-electron chi connectivity index (χ4n) is 0.924. The first-order chi connectivity index (χ1) is 6.67. The van der Waals surface area contributed by atoms with Gasteiger partial charge in [-0.1, -0.05) is 6.92 Å². The Morgan fingerprint density at radius 3 is 2.86 bits per heavy atom. The molecule has 4 nitrogen and oxygen atoms in total. The summed E-state index contributed by atoms with van der Waals surface area (Å²) in [5.41, 5.74) is 0. The molecule has 1 aromatic rings. The maximum atomic E-state index is 13.2. The molecule has 0 fully saturated rings.